The molecule has 0 unspecified atom stereocenters. The smallest absolute Gasteiger partial charge is 0.420 e. The summed E-state index contributed by atoms with van der Waals surface area (Å²) in [7, 11) is 0. The lowest BCUT2D eigenvalue weighted by atomic mass is 10.4. The van der Waals surface area contributed by atoms with Gasteiger partial charge in [-0.1, -0.05) is 11.8 Å². The molecule has 1 atom stereocenters. The first kappa shape index (κ1) is 6.53. The molecule has 1 amide bonds. The van der Waals surface area contributed by atoms with Crippen LogP contribution in [0.1, 0.15) is 0 Å². The molecule has 0 aliphatic carbocycles. The Kier molecular flexibility index (Phi) is 1.14. The van der Waals surface area contributed by atoms with Gasteiger partial charge in [0.25, 0.3) is 0 Å². The van der Waals surface area contributed by atoms with E-state index < -0.39 is 17.6 Å². The molecule has 1 saturated heterocycles. The number of carbonyl (C=O) groups is 2. The van der Waals surface area contributed by atoms with Gasteiger partial charge < -0.3 is 9.84 Å². The van der Waals surface area contributed by atoms with Crippen molar-refractivity contribution in [3.63, 3.8) is 0 Å². The minimum absolute atomic E-state index is 0.00347. The van der Waals surface area contributed by atoms with Crippen LogP contribution in [0.4, 0.5) is 4.79 Å². The lowest BCUT2D eigenvalue weighted by Gasteiger charge is -2.33. The van der Waals surface area contributed by atoms with Gasteiger partial charge in [0.2, 0.25) is 5.56 Å². The number of amides is 1. The molecule has 6 heteroatoms. The van der Waals surface area contributed by atoms with Crippen molar-refractivity contribution in [3.8, 4) is 0 Å². The number of aliphatic carboxylic acids is 1. The molecule has 0 radical (unpaired) electrons. The van der Waals surface area contributed by atoms with Crippen molar-refractivity contribution in [2.45, 2.75) is 5.56 Å². The highest BCUT2D eigenvalue weighted by atomic mass is 32.2. The molecular formula is C5H3NO4S. The molecule has 2 heterocycles. The number of hydrogen-bond acceptors (Lipinski definition) is 4. The third-order valence-electron chi connectivity index (χ3n) is 1.38. The molecule has 0 aromatic rings. The predicted molar refractivity (Wildman–Crippen MR) is 35.4 cm³/mol. The van der Waals surface area contributed by atoms with Crippen LogP contribution in [0.5, 0.6) is 0 Å². The summed E-state index contributed by atoms with van der Waals surface area (Å²) in [4.78, 5) is 22.1. The van der Waals surface area contributed by atoms with E-state index in [0.717, 1.165) is 4.90 Å². The van der Waals surface area contributed by atoms with Crippen molar-refractivity contribution in [2.24, 2.45) is 0 Å². The Bertz CT molecular complexity index is 274. The van der Waals surface area contributed by atoms with Gasteiger partial charge in [-0.05, 0) is 0 Å². The summed E-state index contributed by atoms with van der Waals surface area (Å²) in [6.07, 6.45) is -0.589. The van der Waals surface area contributed by atoms with Crippen LogP contribution in [0.2, 0.25) is 0 Å². The quantitative estimate of drug-likeness (QED) is 0.621. The zero-order valence-electron chi connectivity index (χ0n) is 5.18. The summed E-state index contributed by atoms with van der Waals surface area (Å²) in [6.45, 7) is 0. The van der Waals surface area contributed by atoms with Gasteiger partial charge in [0, 0.05) is 5.41 Å². The number of carboxylic acids is 1. The minimum Gasteiger partial charge on any atom is -0.477 e. The van der Waals surface area contributed by atoms with Crippen molar-refractivity contribution in [1.82, 2.24) is 4.90 Å². The van der Waals surface area contributed by atoms with Gasteiger partial charge in [0.1, 0.15) is 5.70 Å². The van der Waals surface area contributed by atoms with Gasteiger partial charge in [-0.3, -0.25) is 0 Å². The van der Waals surface area contributed by atoms with Crippen LogP contribution >= 0.6 is 11.8 Å². The van der Waals surface area contributed by atoms with Gasteiger partial charge >= 0.3 is 12.1 Å². The molecule has 2 aliphatic heterocycles. The fraction of sp³-hybridized carbons (Fsp3) is 0.200. The zero-order chi connectivity index (χ0) is 8.01. The number of nitrogens with zero attached hydrogens (tertiary/aromatic N) is 1. The lowest BCUT2D eigenvalue weighted by Crippen LogP contribution is -2.50. The molecule has 5 nitrogen and oxygen atoms in total. The standard InChI is InChI=1S/C5H3NO4S/c7-3(8)2-1-11-5-6(2)4(9)10-5/h1,5H,(H,7,8)/t5-/m0/s1. The summed E-state index contributed by atoms with van der Waals surface area (Å²) in [6, 6.07) is 0. The number of hydrogen-bond donors (Lipinski definition) is 1. The van der Waals surface area contributed by atoms with Crippen molar-refractivity contribution in [1.29, 1.82) is 0 Å². The van der Waals surface area contributed by atoms with Crippen LogP contribution in [0, 0.1) is 0 Å². The average Bonchev–Trinajstić information content (AvgIpc) is 2.25. The van der Waals surface area contributed by atoms with Gasteiger partial charge in [-0.15, -0.1) is 0 Å². The monoisotopic (exact) mass is 173 g/mol. The van der Waals surface area contributed by atoms with Crippen molar-refractivity contribution in [3.05, 3.63) is 11.1 Å². The number of ether oxygens (including phenoxy) is 1. The number of carboxylic acid groups (broad SMARTS) is 1. The van der Waals surface area contributed by atoms with Gasteiger partial charge in [-0.2, -0.15) is 0 Å². The molecule has 2 rings (SSSR count). The molecule has 2 aliphatic rings. The summed E-state index contributed by atoms with van der Waals surface area (Å²) in [5.74, 6) is -1.10. The van der Waals surface area contributed by atoms with E-state index in [1.54, 1.807) is 0 Å². The molecule has 1 fully saturated rings. The molecular weight excluding hydrogens is 170 g/mol. The molecule has 0 spiro atoms. The van der Waals surface area contributed by atoms with Crippen LogP contribution in [-0.2, 0) is 9.53 Å². The van der Waals surface area contributed by atoms with Crippen LogP contribution in [0.15, 0.2) is 11.1 Å². The van der Waals surface area contributed by atoms with Crippen molar-refractivity contribution < 1.29 is 19.4 Å². The van der Waals surface area contributed by atoms with Crippen LogP contribution in [0.3, 0.4) is 0 Å². The Balaban J connectivity index is 2.24. The van der Waals surface area contributed by atoms with Crippen molar-refractivity contribution in [2.75, 3.05) is 0 Å². The van der Waals surface area contributed by atoms with Crippen LogP contribution in [0.25, 0.3) is 0 Å². The van der Waals surface area contributed by atoms with E-state index in [1.807, 2.05) is 0 Å². The van der Waals surface area contributed by atoms with E-state index in [9.17, 15) is 9.59 Å². The molecule has 0 aromatic heterocycles. The molecule has 0 bridgehead atoms. The molecule has 1 N–H and O–H groups in total. The fourth-order valence-corrected chi connectivity index (χ4v) is 1.78. The van der Waals surface area contributed by atoms with E-state index in [1.165, 1.54) is 17.2 Å². The Morgan fingerprint density at radius 1 is 1.82 bits per heavy atom. The summed E-state index contributed by atoms with van der Waals surface area (Å²) in [5.41, 5.74) is -0.440. The zero-order valence-corrected chi connectivity index (χ0v) is 6.00. The number of thioether (sulfide) groups is 1. The Morgan fingerprint density at radius 3 is 3.00 bits per heavy atom. The highest BCUT2D eigenvalue weighted by molar-refractivity contribution is 8.02. The Morgan fingerprint density at radius 2 is 2.55 bits per heavy atom. The second-order valence-electron chi connectivity index (χ2n) is 2.01. The largest absolute Gasteiger partial charge is 0.477 e. The second-order valence-corrected chi connectivity index (χ2v) is 2.92. The van der Waals surface area contributed by atoms with E-state index in [2.05, 4.69) is 4.74 Å². The first-order valence-corrected chi connectivity index (χ1v) is 3.73. The number of fused-ring (bicyclic) bond motifs is 1. The first-order chi connectivity index (χ1) is 5.20. The maximum atomic E-state index is 10.6. The first-order valence-electron chi connectivity index (χ1n) is 2.79. The van der Waals surface area contributed by atoms with Gasteiger partial charge in [-0.25, -0.2) is 14.5 Å². The predicted octanol–water partition coefficient (Wildman–Crippen LogP) is 0.395. The van der Waals surface area contributed by atoms with Crippen LogP contribution in [-0.4, -0.2) is 27.6 Å². The summed E-state index contributed by atoms with van der Waals surface area (Å²) in [5, 5.41) is 9.92. The Hall–Kier alpha value is -1.17. The van der Waals surface area contributed by atoms with E-state index in [4.69, 9.17) is 5.11 Å². The van der Waals surface area contributed by atoms with Crippen molar-refractivity contribution >= 4 is 23.8 Å². The van der Waals surface area contributed by atoms with E-state index in [-0.39, 0.29) is 5.70 Å². The molecule has 58 valence electrons. The average molecular weight is 173 g/mol. The van der Waals surface area contributed by atoms with Crippen LogP contribution < -0.4 is 0 Å². The molecule has 0 saturated carbocycles. The lowest BCUT2D eigenvalue weighted by molar-refractivity contribution is -0.136. The summed E-state index contributed by atoms with van der Waals surface area (Å²) >= 11 is 1.17. The number of rotatable bonds is 1. The minimum atomic E-state index is -1.10. The normalized spacial score (nSPS) is 26.9. The second kappa shape index (κ2) is 1.91. The van der Waals surface area contributed by atoms with E-state index in [0.29, 0.717) is 0 Å². The third kappa shape index (κ3) is 0.725. The molecule has 0 aromatic carbocycles. The maximum absolute atomic E-state index is 10.6. The maximum Gasteiger partial charge on any atom is 0.420 e. The fourth-order valence-electron chi connectivity index (χ4n) is 0.866. The summed E-state index contributed by atoms with van der Waals surface area (Å²) < 4.78 is 4.58. The SMILES string of the molecule is O=C(O)C1=CS[C@@H]2OC(=O)N12. The highest BCUT2D eigenvalue weighted by Crippen LogP contribution is 2.38. The Labute approximate surface area is 65.6 Å². The van der Waals surface area contributed by atoms with Gasteiger partial charge in [0.15, 0.2) is 0 Å². The number of carbonyl (C=O) groups excluding carboxylic acids is 1. The highest BCUT2D eigenvalue weighted by Gasteiger charge is 2.47. The third-order valence-corrected chi connectivity index (χ3v) is 2.28. The molecule has 11 heavy (non-hydrogen) atoms. The van der Waals surface area contributed by atoms with Gasteiger partial charge in [0.05, 0.1) is 0 Å². The van der Waals surface area contributed by atoms with E-state index >= 15 is 0 Å². The topological polar surface area (TPSA) is 66.8 Å².